The van der Waals surface area contributed by atoms with Crippen molar-refractivity contribution in [3.63, 3.8) is 0 Å². The minimum absolute atomic E-state index is 0.0354. The zero-order chi connectivity index (χ0) is 20.6. The highest BCUT2D eigenvalue weighted by molar-refractivity contribution is 5.40. The van der Waals surface area contributed by atoms with E-state index in [1.807, 2.05) is 24.4 Å². The van der Waals surface area contributed by atoms with Crippen molar-refractivity contribution in [2.45, 2.75) is 50.3 Å². The minimum Gasteiger partial charge on any atom is -0.387 e. The van der Waals surface area contributed by atoms with Crippen molar-refractivity contribution >= 4 is 0 Å². The molecule has 0 bridgehead atoms. The number of hydrogen-bond donors (Lipinski definition) is 1. The number of nitriles is 1. The van der Waals surface area contributed by atoms with Crippen molar-refractivity contribution in [3.05, 3.63) is 77.1 Å². The predicted molar refractivity (Wildman–Crippen MR) is 113 cm³/mol. The van der Waals surface area contributed by atoms with Crippen LogP contribution >= 0.6 is 0 Å². The Morgan fingerprint density at radius 3 is 2.60 bits per heavy atom. The van der Waals surface area contributed by atoms with E-state index in [9.17, 15) is 5.11 Å². The molecule has 1 aliphatic heterocycles. The number of nitrogens with zero attached hydrogens (tertiary/aromatic N) is 5. The second kappa shape index (κ2) is 7.67. The fraction of sp³-hybridized carbons (Fsp3) is 0.375. The van der Waals surface area contributed by atoms with Crippen LogP contribution in [0, 0.1) is 11.3 Å². The summed E-state index contributed by atoms with van der Waals surface area (Å²) in [6.45, 7) is 1.27. The Morgan fingerprint density at radius 1 is 1.07 bits per heavy atom. The fourth-order valence-corrected chi connectivity index (χ4v) is 5.18. The van der Waals surface area contributed by atoms with Crippen LogP contribution in [0.3, 0.4) is 0 Å². The van der Waals surface area contributed by atoms with Crippen molar-refractivity contribution in [2.75, 3.05) is 6.54 Å². The normalized spacial score (nSPS) is 20.6. The maximum atomic E-state index is 10.8. The molecule has 2 aromatic carbocycles. The summed E-state index contributed by atoms with van der Waals surface area (Å²) >= 11 is 0. The first kappa shape index (κ1) is 19.0. The van der Waals surface area contributed by atoms with E-state index in [1.54, 1.807) is 16.8 Å². The van der Waals surface area contributed by atoms with Gasteiger partial charge in [0.15, 0.2) is 0 Å². The number of β-amino-alcohol motifs (C(OH)–C–C–N with tert-alkyl or cyclic N) is 1. The second-order valence-corrected chi connectivity index (χ2v) is 8.39. The molecule has 0 amide bonds. The third-order valence-electron chi connectivity index (χ3n) is 6.66. The Morgan fingerprint density at radius 2 is 1.83 bits per heavy atom. The van der Waals surface area contributed by atoms with Crippen LogP contribution < -0.4 is 0 Å². The summed E-state index contributed by atoms with van der Waals surface area (Å²) in [6, 6.07) is 17.8. The highest BCUT2D eigenvalue weighted by Crippen LogP contribution is 2.48. The van der Waals surface area contributed by atoms with E-state index in [1.165, 1.54) is 24.8 Å². The number of aliphatic hydroxyl groups excluding tert-OH is 1. The number of hydrogen-bond acceptors (Lipinski definition) is 5. The van der Waals surface area contributed by atoms with Crippen LogP contribution in [-0.4, -0.2) is 31.5 Å². The molecule has 1 atom stereocenters. The van der Waals surface area contributed by atoms with Crippen molar-refractivity contribution in [3.8, 4) is 11.8 Å². The zero-order valence-electron chi connectivity index (χ0n) is 16.9. The highest BCUT2D eigenvalue weighted by Gasteiger charge is 2.45. The number of benzene rings is 2. The van der Waals surface area contributed by atoms with E-state index in [0.717, 1.165) is 29.8 Å². The van der Waals surface area contributed by atoms with E-state index < -0.39 is 6.10 Å². The van der Waals surface area contributed by atoms with Gasteiger partial charge in [-0.1, -0.05) is 48.7 Å². The summed E-state index contributed by atoms with van der Waals surface area (Å²) in [7, 11) is 0. The Kier molecular flexibility index (Phi) is 4.86. The van der Waals surface area contributed by atoms with Gasteiger partial charge in [0.2, 0.25) is 0 Å². The van der Waals surface area contributed by atoms with Crippen molar-refractivity contribution in [2.24, 2.45) is 0 Å². The standard InChI is InChI=1S/C24H25N5O/c25-14-18-8-10-20(11-9-18)29-16-19(26-27-29)15-28-17-23(30)21-6-2-3-7-22(21)24(28)12-4-1-5-13-24/h2-3,6-11,16,23,30H,1,4-5,12-13,15,17H2. The Labute approximate surface area is 176 Å². The van der Waals surface area contributed by atoms with Gasteiger partial charge in [0.1, 0.15) is 0 Å². The lowest BCUT2D eigenvalue weighted by Gasteiger charge is -2.51. The van der Waals surface area contributed by atoms with Gasteiger partial charge in [0.05, 0.1) is 35.3 Å². The molecule has 1 saturated carbocycles. The molecule has 0 saturated heterocycles. The van der Waals surface area contributed by atoms with Gasteiger partial charge in [-0.2, -0.15) is 5.26 Å². The number of fused-ring (bicyclic) bond motifs is 2. The molecule has 6 nitrogen and oxygen atoms in total. The maximum Gasteiger partial charge on any atom is 0.0991 e. The van der Waals surface area contributed by atoms with Crippen LogP contribution in [0.25, 0.3) is 5.69 Å². The monoisotopic (exact) mass is 399 g/mol. The van der Waals surface area contributed by atoms with Gasteiger partial charge in [-0.15, -0.1) is 5.10 Å². The molecule has 1 aromatic heterocycles. The molecule has 1 unspecified atom stereocenters. The van der Waals surface area contributed by atoms with Gasteiger partial charge >= 0.3 is 0 Å². The molecule has 1 fully saturated rings. The van der Waals surface area contributed by atoms with Gasteiger partial charge < -0.3 is 5.11 Å². The van der Waals surface area contributed by atoms with Crippen LogP contribution in [0.15, 0.2) is 54.7 Å². The third-order valence-corrected chi connectivity index (χ3v) is 6.66. The number of aromatic nitrogens is 3. The Bertz CT molecular complexity index is 1080. The van der Waals surface area contributed by atoms with Gasteiger partial charge in [0.25, 0.3) is 0 Å². The van der Waals surface area contributed by atoms with E-state index in [2.05, 4.69) is 39.5 Å². The highest BCUT2D eigenvalue weighted by atomic mass is 16.3. The predicted octanol–water partition coefficient (Wildman–Crippen LogP) is 3.85. The molecule has 2 aliphatic rings. The average molecular weight is 399 g/mol. The Balaban J connectivity index is 1.45. The van der Waals surface area contributed by atoms with E-state index >= 15 is 0 Å². The van der Waals surface area contributed by atoms with Crippen molar-refractivity contribution in [1.29, 1.82) is 5.26 Å². The first-order chi connectivity index (χ1) is 14.7. The van der Waals surface area contributed by atoms with E-state index in [0.29, 0.717) is 18.7 Å². The van der Waals surface area contributed by atoms with E-state index in [-0.39, 0.29) is 5.54 Å². The molecule has 1 N–H and O–H groups in total. The SMILES string of the molecule is N#Cc1ccc(-n2cc(CN3CC(O)c4ccccc4C34CCCCC4)nn2)cc1. The molecular formula is C24H25N5O. The fourth-order valence-electron chi connectivity index (χ4n) is 5.18. The molecule has 30 heavy (non-hydrogen) atoms. The van der Waals surface area contributed by atoms with Gasteiger partial charge in [-0.25, -0.2) is 4.68 Å². The Hall–Kier alpha value is -3.01. The summed E-state index contributed by atoms with van der Waals surface area (Å²) in [5.41, 5.74) is 4.71. The molecular weight excluding hydrogens is 374 g/mol. The summed E-state index contributed by atoms with van der Waals surface area (Å²) in [5.74, 6) is 0. The lowest BCUT2D eigenvalue weighted by molar-refractivity contribution is -0.0215. The molecule has 6 heteroatoms. The number of aliphatic hydroxyl groups is 1. The maximum absolute atomic E-state index is 10.8. The second-order valence-electron chi connectivity index (χ2n) is 8.39. The first-order valence-corrected chi connectivity index (χ1v) is 10.6. The van der Waals surface area contributed by atoms with Crippen LogP contribution in [0.4, 0.5) is 0 Å². The molecule has 0 radical (unpaired) electrons. The smallest absolute Gasteiger partial charge is 0.0991 e. The summed E-state index contributed by atoms with van der Waals surface area (Å²) in [6.07, 6.45) is 7.38. The molecule has 1 aliphatic carbocycles. The lowest BCUT2D eigenvalue weighted by atomic mass is 9.70. The van der Waals surface area contributed by atoms with Gasteiger partial charge in [-0.3, -0.25) is 4.90 Å². The largest absolute Gasteiger partial charge is 0.387 e. The van der Waals surface area contributed by atoms with Crippen LogP contribution in [0.1, 0.15) is 60.6 Å². The van der Waals surface area contributed by atoms with Gasteiger partial charge in [0, 0.05) is 18.6 Å². The van der Waals surface area contributed by atoms with Gasteiger partial charge in [-0.05, 0) is 48.2 Å². The summed E-state index contributed by atoms with van der Waals surface area (Å²) < 4.78 is 1.75. The molecule has 3 aromatic rings. The molecule has 1 spiro atoms. The van der Waals surface area contributed by atoms with Crippen LogP contribution in [-0.2, 0) is 12.1 Å². The molecule has 152 valence electrons. The topological polar surface area (TPSA) is 78.0 Å². The van der Waals surface area contributed by atoms with Crippen LogP contribution in [0.2, 0.25) is 0 Å². The van der Waals surface area contributed by atoms with Crippen LogP contribution in [0.5, 0.6) is 0 Å². The van der Waals surface area contributed by atoms with Crippen molar-refractivity contribution in [1.82, 2.24) is 19.9 Å². The summed E-state index contributed by atoms with van der Waals surface area (Å²) in [5, 5.41) is 28.5. The number of rotatable bonds is 3. The van der Waals surface area contributed by atoms with Crippen molar-refractivity contribution < 1.29 is 5.11 Å². The summed E-state index contributed by atoms with van der Waals surface area (Å²) in [4.78, 5) is 2.42. The quantitative estimate of drug-likeness (QED) is 0.724. The van der Waals surface area contributed by atoms with E-state index in [4.69, 9.17) is 5.26 Å². The first-order valence-electron chi connectivity index (χ1n) is 10.6. The molecule has 5 rings (SSSR count). The molecule has 2 heterocycles. The minimum atomic E-state index is -0.484. The lowest BCUT2D eigenvalue weighted by Crippen LogP contribution is -2.52. The third kappa shape index (κ3) is 3.20. The average Bonchev–Trinajstić information content (AvgIpc) is 3.27. The zero-order valence-corrected chi connectivity index (χ0v) is 16.9.